The Morgan fingerprint density at radius 2 is 1.61 bits per heavy atom. The summed E-state index contributed by atoms with van der Waals surface area (Å²) in [6, 6.07) is 6.50. The van der Waals surface area contributed by atoms with Gasteiger partial charge in [-0.15, -0.1) is 0 Å². The number of thiocarbonyl (C=S) groups is 1. The molecule has 0 aliphatic heterocycles. The normalized spacial score (nSPS) is 11.3. The van der Waals surface area contributed by atoms with Gasteiger partial charge in [0.2, 0.25) is 0 Å². The van der Waals surface area contributed by atoms with E-state index >= 15 is 0 Å². The molecule has 3 heteroatoms. The van der Waals surface area contributed by atoms with Crippen LogP contribution in [-0.4, -0.2) is 10.7 Å². The summed E-state index contributed by atoms with van der Waals surface area (Å²) < 4.78 is 0. The van der Waals surface area contributed by atoms with Crippen LogP contribution in [0.3, 0.4) is 0 Å². The molecular weight excluding hydrogens is 300 g/mol. The minimum Gasteiger partial charge on any atom is -0.358 e. The molecule has 0 fully saturated rings. The lowest BCUT2D eigenvalue weighted by molar-refractivity contribution is 0.404. The zero-order valence-electron chi connectivity index (χ0n) is 15.6. The number of nitrogens with one attached hydrogen (secondary N) is 2. The van der Waals surface area contributed by atoms with Crippen LogP contribution in [0.2, 0.25) is 0 Å². The molecule has 0 radical (unpaired) electrons. The third-order valence-corrected chi connectivity index (χ3v) is 4.55. The third-order valence-electron chi connectivity index (χ3n) is 4.34. The van der Waals surface area contributed by atoms with Gasteiger partial charge in [0.15, 0.2) is 5.11 Å². The van der Waals surface area contributed by atoms with Crippen molar-refractivity contribution >= 4 is 23.0 Å². The van der Waals surface area contributed by atoms with Gasteiger partial charge in [0.05, 0.1) is 0 Å². The summed E-state index contributed by atoms with van der Waals surface area (Å²) in [5.41, 5.74) is 3.88. The van der Waals surface area contributed by atoms with Crippen LogP contribution in [0.1, 0.15) is 77.8 Å². The Bertz CT molecular complexity index is 472. The quantitative estimate of drug-likeness (QED) is 0.438. The monoisotopic (exact) mass is 334 g/mol. The summed E-state index contributed by atoms with van der Waals surface area (Å²) in [4.78, 5) is 0. The van der Waals surface area contributed by atoms with E-state index in [2.05, 4.69) is 63.5 Å². The topological polar surface area (TPSA) is 24.1 Å². The minimum atomic E-state index is 0.0331. The molecule has 0 spiro atoms. The number of unbranched alkanes of at least 4 members (excludes halogenated alkanes) is 3. The number of aryl methyl sites for hydroxylation is 2. The number of benzene rings is 1. The Morgan fingerprint density at radius 3 is 2.13 bits per heavy atom. The van der Waals surface area contributed by atoms with Gasteiger partial charge in [0, 0.05) is 11.2 Å². The van der Waals surface area contributed by atoms with Crippen molar-refractivity contribution in [1.29, 1.82) is 0 Å². The first-order valence-corrected chi connectivity index (χ1v) is 9.54. The molecule has 0 unspecified atom stereocenters. The fraction of sp³-hybridized carbons (Fsp3) is 0.650. The molecule has 0 amide bonds. The molecule has 1 rings (SSSR count). The second kappa shape index (κ2) is 9.92. The van der Waals surface area contributed by atoms with Crippen molar-refractivity contribution in [2.75, 3.05) is 5.32 Å². The first kappa shape index (κ1) is 20.0. The summed E-state index contributed by atoms with van der Waals surface area (Å²) in [6.45, 7) is 11.1. The molecule has 2 nitrogen and oxygen atoms in total. The molecule has 0 atom stereocenters. The zero-order chi connectivity index (χ0) is 17.3. The smallest absolute Gasteiger partial charge is 0.171 e. The highest BCUT2D eigenvalue weighted by molar-refractivity contribution is 7.80. The second-order valence-corrected chi connectivity index (χ2v) is 7.34. The van der Waals surface area contributed by atoms with Crippen LogP contribution in [0.5, 0.6) is 0 Å². The van der Waals surface area contributed by atoms with E-state index in [1.807, 2.05) is 0 Å². The number of rotatable bonds is 9. The molecule has 0 bridgehead atoms. The van der Waals surface area contributed by atoms with E-state index in [0.29, 0.717) is 0 Å². The van der Waals surface area contributed by atoms with E-state index in [0.717, 1.165) is 24.4 Å². The molecule has 0 saturated carbocycles. The lowest BCUT2D eigenvalue weighted by Crippen LogP contribution is -2.45. The number of hydrogen-bond acceptors (Lipinski definition) is 1. The van der Waals surface area contributed by atoms with Gasteiger partial charge in [-0.25, -0.2) is 0 Å². The summed E-state index contributed by atoms with van der Waals surface area (Å²) in [5.74, 6) is 0. The van der Waals surface area contributed by atoms with E-state index < -0.39 is 0 Å². The third kappa shape index (κ3) is 6.90. The summed E-state index contributed by atoms with van der Waals surface area (Å²) >= 11 is 5.58. The number of anilines is 1. The Kier molecular flexibility index (Phi) is 8.60. The molecule has 130 valence electrons. The van der Waals surface area contributed by atoms with Gasteiger partial charge in [0.1, 0.15) is 0 Å². The lowest BCUT2D eigenvalue weighted by atomic mass is 9.96. The maximum Gasteiger partial charge on any atom is 0.171 e. The first-order chi connectivity index (χ1) is 10.9. The maximum absolute atomic E-state index is 5.58. The molecule has 0 aliphatic rings. The van der Waals surface area contributed by atoms with Gasteiger partial charge in [0.25, 0.3) is 0 Å². The van der Waals surface area contributed by atoms with Gasteiger partial charge >= 0.3 is 0 Å². The average Bonchev–Trinajstić information content (AvgIpc) is 2.51. The molecule has 1 aromatic rings. The predicted molar refractivity (Wildman–Crippen MR) is 107 cm³/mol. The van der Waals surface area contributed by atoms with Crippen molar-refractivity contribution in [3.8, 4) is 0 Å². The highest BCUT2D eigenvalue weighted by atomic mass is 32.1. The molecule has 0 aromatic heterocycles. The van der Waals surface area contributed by atoms with Crippen molar-refractivity contribution < 1.29 is 0 Å². The van der Waals surface area contributed by atoms with Crippen molar-refractivity contribution in [2.45, 2.75) is 85.1 Å². The Labute approximate surface area is 148 Å². The van der Waals surface area contributed by atoms with Gasteiger partial charge in [-0.05, 0) is 56.5 Å². The SMILES string of the molecule is CCCCCCC(C)(C)NC(=S)Nc1c(CC)cccc1CC. The predicted octanol–water partition coefficient (Wildman–Crippen LogP) is 5.85. The van der Waals surface area contributed by atoms with Gasteiger partial charge in [-0.3, -0.25) is 0 Å². The number of hydrogen-bond donors (Lipinski definition) is 2. The Hall–Kier alpha value is -1.09. The van der Waals surface area contributed by atoms with Crippen molar-refractivity contribution in [1.82, 2.24) is 5.32 Å². The fourth-order valence-electron chi connectivity index (χ4n) is 2.91. The largest absolute Gasteiger partial charge is 0.358 e. The zero-order valence-corrected chi connectivity index (χ0v) is 16.4. The average molecular weight is 335 g/mol. The Morgan fingerprint density at radius 1 is 1.00 bits per heavy atom. The van der Waals surface area contributed by atoms with E-state index in [-0.39, 0.29) is 5.54 Å². The van der Waals surface area contributed by atoms with Gasteiger partial charge < -0.3 is 10.6 Å². The van der Waals surface area contributed by atoms with Gasteiger partial charge in [-0.1, -0.05) is 64.7 Å². The number of para-hydroxylation sites is 1. The van der Waals surface area contributed by atoms with E-state index in [4.69, 9.17) is 12.2 Å². The molecule has 0 heterocycles. The van der Waals surface area contributed by atoms with Crippen LogP contribution in [0, 0.1) is 0 Å². The van der Waals surface area contributed by atoms with E-state index in [9.17, 15) is 0 Å². The maximum atomic E-state index is 5.58. The van der Waals surface area contributed by atoms with Crippen LogP contribution >= 0.6 is 12.2 Å². The van der Waals surface area contributed by atoms with Crippen LogP contribution in [0.25, 0.3) is 0 Å². The van der Waals surface area contributed by atoms with Crippen molar-refractivity contribution in [3.63, 3.8) is 0 Å². The highest BCUT2D eigenvalue weighted by Crippen LogP contribution is 2.23. The van der Waals surface area contributed by atoms with Crippen LogP contribution in [0.15, 0.2) is 18.2 Å². The summed E-state index contributed by atoms with van der Waals surface area (Å²) in [6.07, 6.45) is 8.33. The molecule has 1 aromatic carbocycles. The molecular formula is C20H34N2S. The summed E-state index contributed by atoms with van der Waals surface area (Å²) in [7, 11) is 0. The molecule has 23 heavy (non-hydrogen) atoms. The molecule has 0 saturated heterocycles. The first-order valence-electron chi connectivity index (χ1n) is 9.13. The lowest BCUT2D eigenvalue weighted by Gasteiger charge is -2.29. The van der Waals surface area contributed by atoms with Gasteiger partial charge in [-0.2, -0.15) is 0 Å². The van der Waals surface area contributed by atoms with Crippen LogP contribution in [0.4, 0.5) is 5.69 Å². The van der Waals surface area contributed by atoms with E-state index in [1.165, 1.54) is 42.5 Å². The van der Waals surface area contributed by atoms with Crippen LogP contribution < -0.4 is 10.6 Å². The summed E-state index contributed by atoms with van der Waals surface area (Å²) in [5, 5.41) is 7.70. The highest BCUT2D eigenvalue weighted by Gasteiger charge is 2.19. The Balaban J connectivity index is 2.66. The minimum absolute atomic E-state index is 0.0331. The molecule has 2 N–H and O–H groups in total. The van der Waals surface area contributed by atoms with Crippen molar-refractivity contribution in [2.24, 2.45) is 0 Å². The molecule has 0 aliphatic carbocycles. The van der Waals surface area contributed by atoms with Crippen molar-refractivity contribution in [3.05, 3.63) is 29.3 Å². The standard InChI is InChI=1S/C20H34N2S/c1-6-9-10-11-15-20(4,5)22-19(23)21-18-16(7-2)13-12-14-17(18)8-3/h12-14H,6-11,15H2,1-5H3,(H2,21,22,23). The van der Waals surface area contributed by atoms with E-state index in [1.54, 1.807) is 0 Å². The fourth-order valence-corrected chi connectivity index (χ4v) is 3.29. The van der Waals surface area contributed by atoms with Crippen LogP contribution in [-0.2, 0) is 12.8 Å². The second-order valence-electron chi connectivity index (χ2n) is 6.93.